The van der Waals surface area contributed by atoms with Gasteiger partial charge >= 0.3 is 0 Å². The molecule has 0 saturated carbocycles. The van der Waals surface area contributed by atoms with Gasteiger partial charge in [0.2, 0.25) is 0 Å². The number of anilines is 6. The van der Waals surface area contributed by atoms with Gasteiger partial charge in [0.05, 0.1) is 11.4 Å². The maximum absolute atomic E-state index is 7.21. The molecule has 0 aliphatic heterocycles. The lowest BCUT2D eigenvalue weighted by atomic mass is 9.65. The quantitative estimate of drug-likeness (QED) is 0.137. The predicted molar refractivity (Wildman–Crippen MR) is 389 cm³/mol. The van der Waals surface area contributed by atoms with Crippen molar-refractivity contribution in [2.45, 2.75) is 52.4 Å². The third-order valence-corrected chi connectivity index (χ3v) is 19.0. The van der Waals surface area contributed by atoms with Crippen LogP contribution in [0.3, 0.4) is 0 Å². The van der Waals surface area contributed by atoms with E-state index in [0.717, 1.165) is 111 Å². The fourth-order valence-electron chi connectivity index (χ4n) is 14.9. The number of hydrogen-bond acceptors (Lipinski definition) is 4. The molecule has 0 unspecified atom stereocenters. The van der Waals surface area contributed by atoms with Crippen molar-refractivity contribution in [3.63, 3.8) is 0 Å². The van der Waals surface area contributed by atoms with Gasteiger partial charge in [-0.25, -0.2) is 0 Å². The summed E-state index contributed by atoms with van der Waals surface area (Å²) < 4.78 is 14.4. The SMILES string of the molecule is CC(C)(C)c1cccc2c1oc1c(N(c3ccccc3)c3ccc4c(-c5ccccc5)c5c(c(-c6ccccc6)c4c3)-c3c-5c(-c4ccccc4)c4ccc(N(c5ccccc5)c5cccc6c5oc5c(C(C)(C)C)cccc56)cc4c3-c3ccccc3)cccc12. The van der Waals surface area contributed by atoms with Crippen molar-refractivity contribution in [3.05, 3.63) is 302 Å². The minimum Gasteiger partial charge on any atom is -0.454 e. The summed E-state index contributed by atoms with van der Waals surface area (Å²) in [4.78, 5) is 4.80. The van der Waals surface area contributed by atoms with Crippen molar-refractivity contribution in [1.82, 2.24) is 0 Å². The number of rotatable bonds is 10. The molecule has 0 saturated heterocycles. The predicted octanol–water partition coefficient (Wildman–Crippen LogP) is 25.6. The normalized spacial score (nSPS) is 12.2. The van der Waals surface area contributed by atoms with Gasteiger partial charge in [0.1, 0.15) is 11.2 Å². The molecule has 0 radical (unpaired) electrons. The molecule has 440 valence electrons. The third-order valence-electron chi connectivity index (χ3n) is 19.0. The molecule has 14 aromatic carbocycles. The lowest BCUT2D eigenvalue weighted by molar-refractivity contribution is 0.572. The molecule has 1 aliphatic rings. The van der Waals surface area contributed by atoms with Gasteiger partial charge in [0.25, 0.3) is 0 Å². The number of furan rings is 2. The molecule has 4 heteroatoms. The number of hydrogen-bond donors (Lipinski definition) is 0. The van der Waals surface area contributed by atoms with Crippen molar-refractivity contribution >= 4 is 99.5 Å². The van der Waals surface area contributed by atoms with Crippen LogP contribution in [0.4, 0.5) is 34.1 Å². The summed E-state index contributed by atoms with van der Waals surface area (Å²) in [6.07, 6.45) is 0. The van der Waals surface area contributed by atoms with E-state index in [-0.39, 0.29) is 10.8 Å². The van der Waals surface area contributed by atoms with E-state index < -0.39 is 0 Å². The molecule has 2 heterocycles. The van der Waals surface area contributed by atoms with Crippen LogP contribution in [0.5, 0.6) is 0 Å². The fraction of sp³-hybridized carbons (Fsp3) is 0.0909. The Kier molecular flexibility index (Phi) is 12.7. The molecule has 0 amide bonds. The Hall–Kier alpha value is -11.2. The summed E-state index contributed by atoms with van der Waals surface area (Å²) in [5, 5.41) is 9.08. The molecule has 0 bridgehead atoms. The summed E-state index contributed by atoms with van der Waals surface area (Å²) in [5.41, 5.74) is 26.2. The number of para-hydroxylation sites is 6. The summed E-state index contributed by atoms with van der Waals surface area (Å²) in [6, 6.07) is 107. The molecule has 4 nitrogen and oxygen atoms in total. The molecular formula is C88H66N2O2. The van der Waals surface area contributed by atoms with Crippen LogP contribution >= 0.6 is 0 Å². The molecule has 92 heavy (non-hydrogen) atoms. The Morgan fingerprint density at radius 2 is 0.500 bits per heavy atom. The van der Waals surface area contributed by atoms with Crippen molar-refractivity contribution < 1.29 is 8.83 Å². The smallest absolute Gasteiger partial charge is 0.159 e. The lowest BCUT2D eigenvalue weighted by Crippen LogP contribution is -2.12. The Balaban J connectivity index is 0.989. The van der Waals surface area contributed by atoms with Gasteiger partial charge in [-0.2, -0.15) is 0 Å². The first-order valence-corrected chi connectivity index (χ1v) is 32.1. The Morgan fingerprint density at radius 3 is 0.815 bits per heavy atom. The highest BCUT2D eigenvalue weighted by Crippen LogP contribution is 2.66. The zero-order valence-corrected chi connectivity index (χ0v) is 52.4. The van der Waals surface area contributed by atoms with Gasteiger partial charge in [0, 0.05) is 55.4 Å². The zero-order valence-electron chi connectivity index (χ0n) is 52.4. The van der Waals surface area contributed by atoms with Crippen LogP contribution in [0, 0.1) is 0 Å². The van der Waals surface area contributed by atoms with Gasteiger partial charge in [-0.05, 0) is 160 Å². The van der Waals surface area contributed by atoms with E-state index in [2.05, 4.69) is 343 Å². The van der Waals surface area contributed by atoms with E-state index in [1.54, 1.807) is 0 Å². The van der Waals surface area contributed by atoms with E-state index in [1.807, 2.05) is 0 Å². The van der Waals surface area contributed by atoms with E-state index in [4.69, 9.17) is 8.83 Å². The van der Waals surface area contributed by atoms with Gasteiger partial charge in [0.15, 0.2) is 11.2 Å². The highest BCUT2D eigenvalue weighted by molar-refractivity contribution is 6.33. The molecule has 0 fully saturated rings. The van der Waals surface area contributed by atoms with Crippen molar-refractivity contribution in [2.24, 2.45) is 0 Å². The second kappa shape index (κ2) is 21.2. The van der Waals surface area contributed by atoms with Gasteiger partial charge < -0.3 is 18.6 Å². The van der Waals surface area contributed by atoms with Gasteiger partial charge in [-0.3, -0.25) is 0 Å². The van der Waals surface area contributed by atoms with E-state index in [1.165, 1.54) is 66.4 Å². The number of benzene rings is 14. The maximum atomic E-state index is 7.21. The molecule has 0 atom stereocenters. The standard InChI is InChI=1S/C88H66N2O2/c1-87(2,3)71-45-25-41-65-67-43-27-47-73(85(67)91-83(65)71)89(59-37-21-11-22-38-59)61-49-51-63-69(53-61)77(57-33-17-9-18-34-57)81-79(75(63)55-29-13-7-14-30-55)80-76(56-31-15-8-16-32-56)64-52-50-62(54-70(64)78(82(80)81)58-35-19-10-20-36-58)90(60-39-23-12-24-40-60)74-48-28-44-68-66-42-26-46-72(88(4,5)6)84(66)92-86(68)74/h7-54H,1-6H3. The first kappa shape index (κ1) is 54.9. The minimum absolute atomic E-state index is 0.128. The Labute approximate surface area is 536 Å². The monoisotopic (exact) mass is 1180 g/mol. The van der Waals surface area contributed by atoms with Crippen LogP contribution in [0.25, 0.3) is 132 Å². The summed E-state index contributed by atoms with van der Waals surface area (Å²) >= 11 is 0. The van der Waals surface area contributed by atoms with Crippen LogP contribution in [0.2, 0.25) is 0 Å². The first-order valence-electron chi connectivity index (χ1n) is 32.1. The number of nitrogens with zero attached hydrogens (tertiary/aromatic N) is 2. The maximum Gasteiger partial charge on any atom is 0.159 e. The van der Waals surface area contributed by atoms with E-state index in [9.17, 15) is 0 Å². The largest absolute Gasteiger partial charge is 0.454 e. The van der Waals surface area contributed by atoms with E-state index in [0.29, 0.717) is 0 Å². The van der Waals surface area contributed by atoms with Gasteiger partial charge in [-0.1, -0.05) is 272 Å². The molecule has 17 rings (SSSR count). The van der Waals surface area contributed by atoms with Crippen molar-refractivity contribution in [1.29, 1.82) is 0 Å². The van der Waals surface area contributed by atoms with Crippen LogP contribution in [-0.4, -0.2) is 0 Å². The third kappa shape index (κ3) is 8.65. The fourth-order valence-corrected chi connectivity index (χ4v) is 14.9. The molecular weight excluding hydrogens is 1120 g/mol. The average molecular weight is 1180 g/mol. The van der Waals surface area contributed by atoms with Crippen LogP contribution in [0.1, 0.15) is 52.7 Å². The zero-order chi connectivity index (χ0) is 62.0. The molecule has 0 spiro atoms. The molecule has 0 N–H and O–H groups in total. The summed E-state index contributed by atoms with van der Waals surface area (Å²) in [7, 11) is 0. The first-order chi connectivity index (χ1) is 45.0. The second-order valence-electron chi connectivity index (χ2n) is 26.6. The highest BCUT2D eigenvalue weighted by atomic mass is 16.3. The Morgan fingerprint density at radius 1 is 0.217 bits per heavy atom. The molecule has 2 aromatic heterocycles. The average Bonchev–Trinajstić information content (AvgIpc) is 0.784. The molecule has 16 aromatic rings. The van der Waals surface area contributed by atoms with Gasteiger partial charge in [-0.15, -0.1) is 0 Å². The van der Waals surface area contributed by atoms with Crippen LogP contribution < -0.4 is 9.80 Å². The number of fused-ring (bicyclic) bond motifs is 12. The van der Waals surface area contributed by atoms with E-state index >= 15 is 0 Å². The summed E-state index contributed by atoms with van der Waals surface area (Å²) in [6.45, 7) is 13.6. The van der Waals surface area contributed by atoms with Crippen molar-refractivity contribution in [3.8, 4) is 66.8 Å². The summed E-state index contributed by atoms with van der Waals surface area (Å²) in [5.74, 6) is 0. The lowest BCUT2D eigenvalue weighted by Gasteiger charge is -2.37. The topological polar surface area (TPSA) is 32.8 Å². The Bertz CT molecular complexity index is 5210. The molecule has 1 aliphatic carbocycles. The minimum atomic E-state index is -0.128. The van der Waals surface area contributed by atoms with Crippen molar-refractivity contribution in [2.75, 3.05) is 9.80 Å². The van der Waals surface area contributed by atoms with Crippen LogP contribution in [0.15, 0.2) is 300 Å². The second-order valence-corrected chi connectivity index (χ2v) is 26.6. The highest BCUT2D eigenvalue weighted by Gasteiger charge is 2.39. The van der Waals surface area contributed by atoms with Crippen LogP contribution in [-0.2, 0) is 10.8 Å².